The van der Waals surface area contributed by atoms with E-state index in [1.807, 2.05) is 36.4 Å². The number of rotatable bonds is 6. The van der Waals surface area contributed by atoms with Gasteiger partial charge < -0.3 is 19.5 Å². The monoisotopic (exact) mass is 325 g/mol. The van der Waals surface area contributed by atoms with Gasteiger partial charge in [0.2, 0.25) is 0 Å². The second-order valence-electron chi connectivity index (χ2n) is 5.53. The Labute approximate surface area is 139 Å². The Kier molecular flexibility index (Phi) is 4.93. The maximum Gasteiger partial charge on any atom is 0.254 e. The number of aliphatic hydroxyl groups is 2. The number of carbonyl (C=O) groups excluding carboxylic acids is 1. The van der Waals surface area contributed by atoms with Crippen LogP contribution in [0.25, 0.3) is 21.9 Å². The van der Waals surface area contributed by atoms with Gasteiger partial charge in [0.1, 0.15) is 0 Å². The number of carbonyl (C=O) groups is 1. The summed E-state index contributed by atoms with van der Waals surface area (Å²) in [4.78, 5) is 14.0. The Hall–Kier alpha value is -2.63. The van der Waals surface area contributed by atoms with Gasteiger partial charge in [-0.25, -0.2) is 0 Å². The summed E-state index contributed by atoms with van der Waals surface area (Å²) in [5, 5.41) is 20.1. The topological polar surface area (TPSA) is 73.9 Å². The van der Waals surface area contributed by atoms with Crippen molar-refractivity contribution >= 4 is 16.7 Å². The number of hydrogen-bond donors (Lipinski definition) is 2. The van der Waals surface area contributed by atoms with Crippen molar-refractivity contribution in [3.63, 3.8) is 0 Å². The third-order valence-corrected chi connectivity index (χ3v) is 3.97. The average molecular weight is 325 g/mol. The van der Waals surface area contributed by atoms with Crippen molar-refractivity contribution in [2.24, 2.45) is 0 Å². The van der Waals surface area contributed by atoms with Crippen LogP contribution in [0.15, 0.2) is 59.4 Å². The zero-order chi connectivity index (χ0) is 16.9. The molecule has 0 spiro atoms. The van der Waals surface area contributed by atoms with Gasteiger partial charge in [0.05, 0.1) is 25.7 Å². The zero-order valence-corrected chi connectivity index (χ0v) is 13.2. The summed E-state index contributed by atoms with van der Waals surface area (Å²) in [5.74, 6) is -0.195. The molecule has 24 heavy (non-hydrogen) atoms. The van der Waals surface area contributed by atoms with Crippen molar-refractivity contribution in [2.45, 2.75) is 0 Å². The lowest BCUT2D eigenvalue weighted by atomic mass is 10.0. The van der Waals surface area contributed by atoms with Gasteiger partial charge in [-0.15, -0.1) is 0 Å². The smallest absolute Gasteiger partial charge is 0.254 e. The zero-order valence-electron chi connectivity index (χ0n) is 13.2. The fourth-order valence-corrected chi connectivity index (χ4v) is 2.73. The molecular weight excluding hydrogens is 306 g/mol. The summed E-state index contributed by atoms with van der Waals surface area (Å²) in [5.41, 5.74) is 2.60. The molecule has 0 aliphatic rings. The Morgan fingerprint density at radius 1 is 0.917 bits per heavy atom. The highest BCUT2D eigenvalue weighted by Crippen LogP contribution is 2.25. The van der Waals surface area contributed by atoms with Crippen LogP contribution in [0.2, 0.25) is 0 Å². The second kappa shape index (κ2) is 7.29. The number of nitrogens with zero attached hydrogens (tertiary/aromatic N) is 1. The van der Waals surface area contributed by atoms with Gasteiger partial charge >= 0.3 is 0 Å². The van der Waals surface area contributed by atoms with Crippen LogP contribution in [0.5, 0.6) is 0 Å². The fourth-order valence-electron chi connectivity index (χ4n) is 2.73. The average Bonchev–Trinajstić information content (AvgIpc) is 3.14. The first-order chi connectivity index (χ1) is 11.7. The highest BCUT2D eigenvalue weighted by molar-refractivity contribution is 5.99. The standard InChI is InChI=1S/C19H19NO4/c21-8-6-20(7-9-22)19(23)17-4-3-14-11-16(2-1-15(14)12-17)18-5-10-24-13-18/h1-5,10-13,21-22H,6-9H2. The third kappa shape index (κ3) is 3.32. The van der Waals surface area contributed by atoms with Crippen molar-refractivity contribution in [3.8, 4) is 11.1 Å². The van der Waals surface area contributed by atoms with Crippen LogP contribution in [0.4, 0.5) is 0 Å². The summed E-state index contributed by atoms with van der Waals surface area (Å²) in [6.45, 7) is 0.147. The molecule has 5 nitrogen and oxygen atoms in total. The number of benzene rings is 2. The van der Waals surface area contributed by atoms with Gasteiger partial charge in [0.25, 0.3) is 5.91 Å². The largest absolute Gasteiger partial charge is 0.472 e. The maximum absolute atomic E-state index is 12.5. The van der Waals surface area contributed by atoms with E-state index < -0.39 is 0 Å². The van der Waals surface area contributed by atoms with E-state index in [-0.39, 0.29) is 32.2 Å². The molecule has 0 saturated carbocycles. The fraction of sp³-hybridized carbons (Fsp3) is 0.211. The Morgan fingerprint density at radius 3 is 2.29 bits per heavy atom. The number of hydrogen-bond acceptors (Lipinski definition) is 4. The highest BCUT2D eigenvalue weighted by Gasteiger charge is 2.15. The summed E-state index contributed by atoms with van der Waals surface area (Å²) in [6, 6.07) is 13.4. The van der Waals surface area contributed by atoms with Crippen LogP contribution >= 0.6 is 0 Å². The first kappa shape index (κ1) is 16.2. The highest BCUT2D eigenvalue weighted by atomic mass is 16.3. The number of amides is 1. The van der Waals surface area contributed by atoms with Crippen LogP contribution in [0.3, 0.4) is 0 Å². The Morgan fingerprint density at radius 2 is 1.62 bits per heavy atom. The molecule has 1 heterocycles. The molecule has 2 aromatic carbocycles. The quantitative estimate of drug-likeness (QED) is 0.730. The van der Waals surface area contributed by atoms with Crippen molar-refractivity contribution in [1.82, 2.24) is 4.90 Å². The van der Waals surface area contributed by atoms with Crippen molar-refractivity contribution in [3.05, 3.63) is 60.6 Å². The van der Waals surface area contributed by atoms with Crippen molar-refractivity contribution in [1.29, 1.82) is 0 Å². The molecule has 5 heteroatoms. The van der Waals surface area contributed by atoms with E-state index in [2.05, 4.69) is 0 Å². The molecule has 0 fully saturated rings. The van der Waals surface area contributed by atoms with E-state index in [1.54, 1.807) is 18.6 Å². The van der Waals surface area contributed by atoms with Crippen LogP contribution < -0.4 is 0 Å². The minimum Gasteiger partial charge on any atom is -0.472 e. The van der Waals surface area contributed by atoms with Crippen LogP contribution in [-0.2, 0) is 0 Å². The molecule has 3 aromatic rings. The van der Waals surface area contributed by atoms with Crippen LogP contribution in [0.1, 0.15) is 10.4 Å². The van der Waals surface area contributed by atoms with Gasteiger partial charge in [0, 0.05) is 24.2 Å². The van der Waals surface area contributed by atoms with Gasteiger partial charge in [-0.2, -0.15) is 0 Å². The second-order valence-corrected chi connectivity index (χ2v) is 5.53. The first-order valence-corrected chi connectivity index (χ1v) is 7.80. The third-order valence-electron chi connectivity index (χ3n) is 3.97. The molecule has 1 aromatic heterocycles. The van der Waals surface area contributed by atoms with E-state index in [1.165, 1.54) is 4.90 Å². The molecule has 2 N–H and O–H groups in total. The minimum absolute atomic E-state index is 0.132. The summed E-state index contributed by atoms with van der Waals surface area (Å²) < 4.78 is 5.11. The number of furan rings is 1. The summed E-state index contributed by atoms with van der Waals surface area (Å²) in [7, 11) is 0. The molecule has 0 radical (unpaired) electrons. The number of aliphatic hydroxyl groups excluding tert-OH is 2. The summed E-state index contributed by atoms with van der Waals surface area (Å²) >= 11 is 0. The predicted octanol–water partition coefficient (Wildman–Crippen LogP) is 2.53. The van der Waals surface area contributed by atoms with Gasteiger partial charge in [0.15, 0.2) is 0 Å². The SMILES string of the molecule is O=C(c1ccc2cc(-c3ccoc3)ccc2c1)N(CCO)CCO. The Balaban J connectivity index is 1.91. The molecule has 0 aliphatic carbocycles. The first-order valence-electron chi connectivity index (χ1n) is 7.80. The molecule has 1 amide bonds. The molecule has 0 unspecified atom stereocenters. The predicted molar refractivity (Wildman–Crippen MR) is 91.7 cm³/mol. The molecule has 0 atom stereocenters. The minimum atomic E-state index is -0.195. The summed E-state index contributed by atoms with van der Waals surface area (Å²) in [6.07, 6.45) is 3.33. The van der Waals surface area contributed by atoms with Gasteiger partial charge in [-0.05, 0) is 40.6 Å². The van der Waals surface area contributed by atoms with E-state index in [0.29, 0.717) is 5.56 Å². The van der Waals surface area contributed by atoms with E-state index in [4.69, 9.17) is 14.6 Å². The lowest BCUT2D eigenvalue weighted by molar-refractivity contribution is 0.0685. The van der Waals surface area contributed by atoms with E-state index in [0.717, 1.165) is 21.9 Å². The Bertz CT molecular complexity index is 821. The lowest BCUT2D eigenvalue weighted by Gasteiger charge is -2.20. The van der Waals surface area contributed by atoms with Gasteiger partial charge in [-0.1, -0.05) is 18.2 Å². The molecule has 124 valence electrons. The maximum atomic E-state index is 12.5. The van der Waals surface area contributed by atoms with E-state index >= 15 is 0 Å². The van der Waals surface area contributed by atoms with Crippen molar-refractivity contribution < 1.29 is 19.4 Å². The van der Waals surface area contributed by atoms with Crippen molar-refractivity contribution in [2.75, 3.05) is 26.3 Å². The molecule has 0 saturated heterocycles. The molecule has 3 rings (SSSR count). The van der Waals surface area contributed by atoms with Crippen LogP contribution in [0, 0.1) is 0 Å². The molecule has 0 aliphatic heterocycles. The van der Waals surface area contributed by atoms with Crippen LogP contribution in [-0.4, -0.2) is 47.3 Å². The molecular formula is C19H19NO4. The van der Waals surface area contributed by atoms with Gasteiger partial charge in [-0.3, -0.25) is 4.79 Å². The van der Waals surface area contributed by atoms with E-state index in [9.17, 15) is 4.79 Å². The molecule has 0 bridgehead atoms. The number of fused-ring (bicyclic) bond motifs is 1. The normalized spacial score (nSPS) is 10.9. The lowest BCUT2D eigenvalue weighted by Crippen LogP contribution is -2.35.